The van der Waals surface area contributed by atoms with Crippen molar-refractivity contribution >= 4 is 27.4 Å². The van der Waals surface area contributed by atoms with Crippen molar-refractivity contribution in [2.24, 2.45) is 0 Å². The molecule has 0 spiro atoms. The molecule has 33 heavy (non-hydrogen) atoms. The molecule has 166 valence electrons. The van der Waals surface area contributed by atoms with Gasteiger partial charge in [-0.25, -0.2) is 14.4 Å². The minimum absolute atomic E-state index is 0.346. The third-order valence-electron chi connectivity index (χ3n) is 5.34. The van der Waals surface area contributed by atoms with E-state index in [2.05, 4.69) is 40.6 Å². The summed E-state index contributed by atoms with van der Waals surface area (Å²) in [6, 6.07) is 15.7. The highest BCUT2D eigenvalue weighted by molar-refractivity contribution is 7.18. The van der Waals surface area contributed by atoms with Crippen LogP contribution in [0.1, 0.15) is 22.6 Å². The first-order valence-electron chi connectivity index (χ1n) is 10.7. The van der Waals surface area contributed by atoms with Crippen LogP contribution in [0.3, 0.4) is 0 Å². The number of nitrogens with zero attached hydrogens (tertiary/aromatic N) is 4. The molecule has 0 aliphatic carbocycles. The zero-order chi connectivity index (χ0) is 22.6. The third kappa shape index (κ3) is 4.75. The standard InChI is InChI=1S/C25H22FN5OS/c1-16-13-21-24(28-23(29-25(21)33-16)19-10-12-32-15-19)27-11-2-3-17-4-6-18(7-5-17)22-9-8-20(14-26)30-31-22/h4-10,12-13,15H,2-3,11,14H2,1H3,(H,27,28,29). The van der Waals surface area contributed by atoms with Crippen molar-refractivity contribution in [2.75, 3.05) is 11.9 Å². The van der Waals surface area contributed by atoms with Crippen LogP contribution >= 0.6 is 11.3 Å². The number of halogens is 1. The molecule has 1 N–H and O–H groups in total. The lowest BCUT2D eigenvalue weighted by Gasteiger charge is -2.09. The number of fused-ring (bicyclic) bond motifs is 1. The lowest BCUT2D eigenvalue weighted by molar-refractivity contribution is 0.472. The number of hydrogen-bond donors (Lipinski definition) is 1. The van der Waals surface area contributed by atoms with Crippen LogP contribution in [-0.2, 0) is 13.1 Å². The van der Waals surface area contributed by atoms with Gasteiger partial charge in [0, 0.05) is 17.0 Å². The molecule has 0 saturated heterocycles. The molecule has 0 saturated carbocycles. The zero-order valence-electron chi connectivity index (χ0n) is 18.1. The Hall–Kier alpha value is -3.65. The summed E-state index contributed by atoms with van der Waals surface area (Å²) in [4.78, 5) is 11.6. The van der Waals surface area contributed by atoms with Crippen LogP contribution in [0, 0.1) is 6.92 Å². The number of alkyl halides is 1. The van der Waals surface area contributed by atoms with Gasteiger partial charge in [-0.15, -0.1) is 11.3 Å². The molecule has 8 heteroatoms. The molecular formula is C25H22FN5OS. The number of rotatable bonds is 8. The molecule has 0 unspecified atom stereocenters. The van der Waals surface area contributed by atoms with Crippen molar-refractivity contribution in [3.05, 3.63) is 77.2 Å². The summed E-state index contributed by atoms with van der Waals surface area (Å²) in [5, 5.41) is 12.5. The van der Waals surface area contributed by atoms with Gasteiger partial charge in [-0.3, -0.25) is 0 Å². The lowest BCUT2D eigenvalue weighted by Crippen LogP contribution is -2.06. The Bertz CT molecular complexity index is 1350. The SMILES string of the molecule is Cc1cc2c(NCCCc3ccc(-c4ccc(CF)nn4)cc3)nc(-c3ccoc3)nc2s1. The minimum atomic E-state index is -0.600. The van der Waals surface area contributed by atoms with Gasteiger partial charge < -0.3 is 9.73 Å². The number of benzene rings is 1. The summed E-state index contributed by atoms with van der Waals surface area (Å²) in [5.41, 5.74) is 4.17. The molecular weight excluding hydrogens is 437 g/mol. The van der Waals surface area contributed by atoms with E-state index in [-0.39, 0.29) is 0 Å². The second-order valence-corrected chi connectivity index (χ2v) is 8.99. The minimum Gasteiger partial charge on any atom is -0.472 e. The third-order valence-corrected chi connectivity index (χ3v) is 6.28. The first-order chi connectivity index (χ1) is 16.2. The fourth-order valence-corrected chi connectivity index (χ4v) is 4.50. The number of hydrogen-bond acceptors (Lipinski definition) is 7. The average Bonchev–Trinajstić information content (AvgIpc) is 3.51. The monoisotopic (exact) mass is 459 g/mol. The fourth-order valence-electron chi connectivity index (χ4n) is 3.62. The topological polar surface area (TPSA) is 76.7 Å². The van der Waals surface area contributed by atoms with Gasteiger partial charge in [0.1, 0.15) is 23.6 Å². The second kappa shape index (κ2) is 9.46. The van der Waals surface area contributed by atoms with Crippen molar-refractivity contribution < 1.29 is 8.81 Å². The van der Waals surface area contributed by atoms with Gasteiger partial charge in [0.25, 0.3) is 0 Å². The highest BCUT2D eigenvalue weighted by Gasteiger charge is 2.12. The molecule has 5 rings (SSSR count). The number of anilines is 1. The van der Waals surface area contributed by atoms with Crippen LogP contribution in [-0.4, -0.2) is 26.7 Å². The van der Waals surface area contributed by atoms with Gasteiger partial charge in [0.15, 0.2) is 5.82 Å². The molecule has 0 fully saturated rings. The van der Waals surface area contributed by atoms with E-state index in [9.17, 15) is 4.39 Å². The van der Waals surface area contributed by atoms with Crippen molar-refractivity contribution in [1.82, 2.24) is 20.2 Å². The van der Waals surface area contributed by atoms with Gasteiger partial charge in [-0.2, -0.15) is 10.2 Å². The summed E-state index contributed by atoms with van der Waals surface area (Å²) >= 11 is 1.67. The van der Waals surface area contributed by atoms with E-state index in [1.807, 2.05) is 18.2 Å². The Kier molecular flexibility index (Phi) is 6.08. The number of thiophene rings is 1. The maximum atomic E-state index is 12.6. The Morgan fingerprint density at radius 3 is 2.61 bits per heavy atom. The molecule has 0 radical (unpaired) electrons. The van der Waals surface area contributed by atoms with Crippen LogP contribution in [0.2, 0.25) is 0 Å². The van der Waals surface area contributed by atoms with E-state index < -0.39 is 6.67 Å². The van der Waals surface area contributed by atoms with Gasteiger partial charge >= 0.3 is 0 Å². The van der Waals surface area contributed by atoms with Crippen molar-refractivity contribution in [3.63, 3.8) is 0 Å². The first kappa shape index (κ1) is 21.2. The van der Waals surface area contributed by atoms with Crippen LogP contribution in [0.15, 0.2) is 65.5 Å². The van der Waals surface area contributed by atoms with Crippen LogP contribution in [0.5, 0.6) is 0 Å². The normalized spacial score (nSPS) is 11.2. The molecule has 4 heterocycles. The van der Waals surface area contributed by atoms with Crippen molar-refractivity contribution in [1.29, 1.82) is 0 Å². The molecule has 0 atom stereocenters. The lowest BCUT2D eigenvalue weighted by atomic mass is 10.1. The van der Waals surface area contributed by atoms with Crippen LogP contribution in [0.4, 0.5) is 10.2 Å². The van der Waals surface area contributed by atoms with Gasteiger partial charge in [0.2, 0.25) is 0 Å². The van der Waals surface area contributed by atoms with E-state index >= 15 is 0 Å². The molecule has 4 aromatic heterocycles. The molecule has 6 nitrogen and oxygen atoms in total. The number of furan rings is 1. The molecule has 5 aromatic rings. The molecule has 0 aliphatic rings. The smallest absolute Gasteiger partial charge is 0.166 e. The predicted molar refractivity (Wildman–Crippen MR) is 129 cm³/mol. The van der Waals surface area contributed by atoms with Gasteiger partial charge in [-0.05, 0) is 49.6 Å². The highest BCUT2D eigenvalue weighted by Crippen LogP contribution is 2.31. The van der Waals surface area contributed by atoms with Crippen molar-refractivity contribution in [2.45, 2.75) is 26.4 Å². The molecule has 0 aliphatic heterocycles. The Labute approximate surface area is 194 Å². The second-order valence-electron chi connectivity index (χ2n) is 7.75. The summed E-state index contributed by atoms with van der Waals surface area (Å²) < 4.78 is 17.8. The maximum absolute atomic E-state index is 12.6. The summed E-state index contributed by atoms with van der Waals surface area (Å²) in [6.07, 6.45) is 5.19. The number of nitrogens with one attached hydrogen (secondary N) is 1. The fraction of sp³-hybridized carbons (Fsp3) is 0.200. The maximum Gasteiger partial charge on any atom is 0.166 e. The Morgan fingerprint density at radius 2 is 1.88 bits per heavy atom. The summed E-state index contributed by atoms with van der Waals surface area (Å²) in [5.74, 6) is 1.52. The predicted octanol–water partition coefficient (Wildman–Crippen LogP) is 6.23. The number of aryl methyl sites for hydroxylation is 2. The van der Waals surface area contributed by atoms with Crippen molar-refractivity contribution in [3.8, 4) is 22.6 Å². The van der Waals surface area contributed by atoms with Gasteiger partial charge in [0.05, 0.1) is 28.6 Å². The first-order valence-corrected chi connectivity index (χ1v) is 11.5. The largest absolute Gasteiger partial charge is 0.472 e. The number of aromatic nitrogens is 4. The molecule has 0 bridgehead atoms. The quantitative estimate of drug-likeness (QED) is 0.277. The van der Waals surface area contributed by atoms with E-state index in [1.54, 1.807) is 36.0 Å². The molecule has 1 aromatic carbocycles. The van der Waals surface area contributed by atoms with Crippen LogP contribution < -0.4 is 5.32 Å². The van der Waals surface area contributed by atoms with Gasteiger partial charge in [-0.1, -0.05) is 24.3 Å². The van der Waals surface area contributed by atoms with E-state index in [4.69, 9.17) is 14.4 Å². The summed E-state index contributed by atoms with van der Waals surface area (Å²) in [7, 11) is 0. The Balaban J connectivity index is 1.23. The van der Waals surface area contributed by atoms with Crippen LogP contribution in [0.25, 0.3) is 32.9 Å². The Morgan fingerprint density at radius 1 is 1.00 bits per heavy atom. The summed E-state index contributed by atoms with van der Waals surface area (Å²) in [6.45, 7) is 2.28. The van der Waals surface area contributed by atoms with E-state index in [1.165, 1.54) is 10.4 Å². The van der Waals surface area contributed by atoms with E-state index in [0.29, 0.717) is 11.5 Å². The highest BCUT2D eigenvalue weighted by atomic mass is 32.1. The van der Waals surface area contributed by atoms with E-state index in [0.717, 1.165) is 52.2 Å². The molecule has 0 amide bonds. The zero-order valence-corrected chi connectivity index (χ0v) is 18.9. The average molecular weight is 460 g/mol.